The standard InChI is InChI=1S/C28H25N7OS/c36-28(16-4-1-2-5-16)31-19-10-18(12-29-13-19)17-7-8-22-20(11-17)26(35-34-22)27-32-23-15-30-14-21(25(23)33-27)24-6-3-9-37-24/h3,6-16,28,31,36H,1-2,4-5H2,(H,32,33)(H,34,35). The van der Waals surface area contributed by atoms with Crippen LogP contribution in [0.3, 0.4) is 0 Å². The van der Waals surface area contributed by atoms with Gasteiger partial charge in [0.05, 0.1) is 29.1 Å². The van der Waals surface area contributed by atoms with Crippen molar-refractivity contribution in [3.63, 3.8) is 0 Å². The Hall–Kier alpha value is -4.08. The maximum absolute atomic E-state index is 10.6. The molecule has 0 amide bonds. The Kier molecular flexibility index (Phi) is 5.44. The molecule has 5 aromatic heterocycles. The Morgan fingerprint density at radius 2 is 1.86 bits per heavy atom. The summed E-state index contributed by atoms with van der Waals surface area (Å²) in [7, 11) is 0. The summed E-state index contributed by atoms with van der Waals surface area (Å²) in [5.74, 6) is 0.991. The number of aliphatic hydroxyl groups excluding tert-OH is 1. The second kappa shape index (κ2) is 9.10. The van der Waals surface area contributed by atoms with Crippen LogP contribution in [0, 0.1) is 5.92 Å². The third kappa shape index (κ3) is 4.06. The van der Waals surface area contributed by atoms with Gasteiger partial charge in [-0.15, -0.1) is 11.3 Å². The van der Waals surface area contributed by atoms with E-state index in [0.29, 0.717) is 11.7 Å². The molecule has 37 heavy (non-hydrogen) atoms. The number of fused-ring (bicyclic) bond motifs is 2. The highest BCUT2D eigenvalue weighted by molar-refractivity contribution is 7.13. The quantitative estimate of drug-likeness (QED) is 0.199. The third-order valence-corrected chi connectivity index (χ3v) is 8.10. The average Bonchev–Trinajstić information content (AvgIpc) is 3.74. The molecular formula is C28H25N7OS. The molecule has 5 heterocycles. The van der Waals surface area contributed by atoms with E-state index in [4.69, 9.17) is 4.98 Å². The lowest BCUT2D eigenvalue weighted by Gasteiger charge is -2.20. The molecule has 4 N–H and O–H groups in total. The summed E-state index contributed by atoms with van der Waals surface area (Å²) in [4.78, 5) is 18.3. The van der Waals surface area contributed by atoms with Gasteiger partial charge in [-0.2, -0.15) is 5.10 Å². The number of benzene rings is 1. The van der Waals surface area contributed by atoms with Crippen molar-refractivity contribution in [3.8, 4) is 33.1 Å². The van der Waals surface area contributed by atoms with Crippen molar-refractivity contribution in [1.29, 1.82) is 0 Å². The lowest BCUT2D eigenvalue weighted by Crippen LogP contribution is -2.26. The Bertz CT molecular complexity index is 1700. The third-order valence-electron chi connectivity index (χ3n) is 7.20. The lowest BCUT2D eigenvalue weighted by molar-refractivity contribution is 0.137. The van der Waals surface area contributed by atoms with E-state index in [1.54, 1.807) is 23.7 Å². The van der Waals surface area contributed by atoms with Crippen LogP contribution in [0.4, 0.5) is 5.69 Å². The van der Waals surface area contributed by atoms with Gasteiger partial charge in [-0.25, -0.2) is 4.98 Å². The van der Waals surface area contributed by atoms with E-state index < -0.39 is 6.23 Å². The van der Waals surface area contributed by atoms with Crippen LogP contribution >= 0.6 is 11.3 Å². The Labute approximate surface area is 216 Å². The van der Waals surface area contributed by atoms with E-state index in [2.05, 4.69) is 54.0 Å². The van der Waals surface area contributed by atoms with Crippen molar-refractivity contribution in [3.05, 3.63) is 66.6 Å². The van der Waals surface area contributed by atoms with Gasteiger partial charge in [-0.3, -0.25) is 15.1 Å². The summed E-state index contributed by atoms with van der Waals surface area (Å²) < 4.78 is 0. The van der Waals surface area contributed by atoms with Gasteiger partial charge in [-0.1, -0.05) is 25.0 Å². The number of aromatic nitrogens is 6. The van der Waals surface area contributed by atoms with Gasteiger partial charge >= 0.3 is 0 Å². The second-order valence-corrected chi connectivity index (χ2v) is 10.5. The van der Waals surface area contributed by atoms with E-state index in [0.717, 1.165) is 67.7 Å². The molecule has 1 aliphatic carbocycles. The molecule has 184 valence electrons. The number of aromatic amines is 2. The van der Waals surface area contributed by atoms with E-state index in [1.165, 1.54) is 12.8 Å². The first-order chi connectivity index (χ1) is 18.2. The maximum Gasteiger partial charge on any atom is 0.159 e. The molecule has 6 aromatic rings. The van der Waals surface area contributed by atoms with Crippen LogP contribution in [0.25, 0.3) is 55.0 Å². The zero-order valence-electron chi connectivity index (χ0n) is 20.0. The molecule has 0 bridgehead atoms. The van der Waals surface area contributed by atoms with Crippen LogP contribution in [-0.4, -0.2) is 41.5 Å². The highest BCUT2D eigenvalue weighted by Gasteiger charge is 2.23. The largest absolute Gasteiger partial charge is 0.374 e. The van der Waals surface area contributed by atoms with Gasteiger partial charge in [0.2, 0.25) is 0 Å². The number of nitrogens with zero attached hydrogens (tertiary/aromatic N) is 4. The first kappa shape index (κ1) is 22.1. The lowest BCUT2D eigenvalue weighted by atomic mass is 10.0. The molecule has 8 nitrogen and oxygen atoms in total. The van der Waals surface area contributed by atoms with Gasteiger partial charge in [-0.05, 0) is 48.1 Å². The van der Waals surface area contributed by atoms with Crippen molar-refractivity contribution in [2.45, 2.75) is 31.9 Å². The van der Waals surface area contributed by atoms with Gasteiger partial charge in [0.1, 0.15) is 17.4 Å². The van der Waals surface area contributed by atoms with Crippen molar-refractivity contribution >= 4 is 39.0 Å². The number of nitrogens with one attached hydrogen (secondary N) is 3. The molecule has 1 fully saturated rings. The molecule has 1 aliphatic rings. The number of rotatable bonds is 6. The van der Waals surface area contributed by atoms with E-state index >= 15 is 0 Å². The van der Waals surface area contributed by atoms with Crippen LogP contribution in [0.1, 0.15) is 25.7 Å². The molecule has 1 atom stereocenters. The molecular weight excluding hydrogens is 482 g/mol. The second-order valence-electron chi connectivity index (χ2n) is 9.57. The minimum absolute atomic E-state index is 0.299. The zero-order valence-corrected chi connectivity index (χ0v) is 20.8. The summed E-state index contributed by atoms with van der Waals surface area (Å²) in [5, 5.41) is 24.6. The molecule has 9 heteroatoms. The van der Waals surface area contributed by atoms with Crippen molar-refractivity contribution in [1.82, 2.24) is 30.1 Å². The van der Waals surface area contributed by atoms with Gasteiger partial charge in [0.15, 0.2) is 5.82 Å². The van der Waals surface area contributed by atoms with Crippen molar-refractivity contribution in [2.75, 3.05) is 5.32 Å². The Morgan fingerprint density at radius 3 is 2.73 bits per heavy atom. The number of anilines is 1. The monoisotopic (exact) mass is 507 g/mol. The number of pyridine rings is 2. The molecule has 0 spiro atoms. The van der Waals surface area contributed by atoms with Crippen LogP contribution in [0.5, 0.6) is 0 Å². The summed E-state index contributed by atoms with van der Waals surface area (Å²) in [6.45, 7) is 0. The first-order valence-electron chi connectivity index (χ1n) is 12.5. The van der Waals surface area contributed by atoms with Crippen LogP contribution in [0.15, 0.2) is 66.6 Å². The SMILES string of the molecule is OC(Nc1cncc(-c2ccc3[nH]nc(-c4nc5c(-c6cccs6)cncc5[nH]4)c3c2)c1)C1CCCC1. The molecule has 0 aliphatic heterocycles. The van der Waals surface area contributed by atoms with E-state index in [-0.39, 0.29) is 0 Å². The number of thiophene rings is 1. The summed E-state index contributed by atoms with van der Waals surface area (Å²) in [6, 6.07) is 12.3. The normalized spacial score (nSPS) is 15.1. The first-order valence-corrected chi connectivity index (χ1v) is 13.4. The minimum Gasteiger partial charge on any atom is -0.374 e. The predicted molar refractivity (Wildman–Crippen MR) is 147 cm³/mol. The summed E-state index contributed by atoms with van der Waals surface area (Å²) in [5.41, 5.74) is 7.23. The fourth-order valence-corrected chi connectivity index (χ4v) is 6.01. The zero-order chi connectivity index (χ0) is 24.8. The molecule has 0 saturated heterocycles. The Balaban J connectivity index is 1.24. The summed E-state index contributed by atoms with van der Waals surface area (Å²) in [6.07, 6.45) is 11.2. The van der Waals surface area contributed by atoms with Gasteiger partial charge in [0, 0.05) is 39.7 Å². The fourth-order valence-electron chi connectivity index (χ4n) is 5.27. The van der Waals surface area contributed by atoms with Crippen LogP contribution in [0.2, 0.25) is 0 Å². The molecule has 7 rings (SSSR count). The smallest absolute Gasteiger partial charge is 0.159 e. The number of hydrogen-bond donors (Lipinski definition) is 4. The van der Waals surface area contributed by atoms with Crippen LogP contribution in [-0.2, 0) is 0 Å². The average molecular weight is 508 g/mol. The molecule has 0 radical (unpaired) electrons. The summed E-state index contributed by atoms with van der Waals surface area (Å²) >= 11 is 1.67. The highest BCUT2D eigenvalue weighted by atomic mass is 32.1. The van der Waals surface area contributed by atoms with E-state index in [9.17, 15) is 5.11 Å². The minimum atomic E-state index is -0.552. The molecule has 1 saturated carbocycles. The number of hydrogen-bond acceptors (Lipinski definition) is 7. The molecule has 1 aromatic carbocycles. The number of aliphatic hydroxyl groups is 1. The van der Waals surface area contributed by atoms with Crippen molar-refractivity contribution in [2.24, 2.45) is 5.92 Å². The van der Waals surface area contributed by atoms with Crippen molar-refractivity contribution < 1.29 is 5.11 Å². The van der Waals surface area contributed by atoms with E-state index in [1.807, 2.05) is 30.6 Å². The number of H-pyrrole nitrogens is 2. The van der Waals surface area contributed by atoms with Crippen LogP contribution < -0.4 is 5.32 Å². The maximum atomic E-state index is 10.6. The highest BCUT2D eigenvalue weighted by Crippen LogP contribution is 2.34. The molecule has 1 unspecified atom stereocenters. The number of imidazole rings is 1. The fraction of sp³-hybridized carbons (Fsp3) is 0.214. The van der Waals surface area contributed by atoms with Gasteiger partial charge in [0.25, 0.3) is 0 Å². The predicted octanol–water partition coefficient (Wildman–Crippen LogP) is 6.21. The van der Waals surface area contributed by atoms with Gasteiger partial charge < -0.3 is 15.4 Å². The topological polar surface area (TPSA) is 115 Å². The Morgan fingerprint density at radius 1 is 0.973 bits per heavy atom.